The molecule has 0 atom stereocenters. The lowest BCUT2D eigenvalue weighted by molar-refractivity contribution is 0.590. The molecule has 122 valence electrons. The van der Waals surface area contributed by atoms with E-state index < -0.39 is 16.0 Å². The van der Waals surface area contributed by atoms with Crippen molar-refractivity contribution in [2.75, 3.05) is 20.5 Å². The van der Waals surface area contributed by atoms with Gasteiger partial charge in [-0.1, -0.05) is 39.7 Å². The van der Waals surface area contributed by atoms with Gasteiger partial charge >= 0.3 is 10.2 Å². The first-order chi connectivity index (χ1) is 11.0. The normalized spacial score (nSPS) is 15.8. The van der Waals surface area contributed by atoms with E-state index in [9.17, 15) is 12.8 Å². The van der Waals surface area contributed by atoms with Gasteiger partial charge in [-0.15, -0.1) is 0 Å². The topological polar surface area (TPSA) is 40.6 Å². The van der Waals surface area contributed by atoms with Gasteiger partial charge in [-0.05, 0) is 36.8 Å². The van der Waals surface area contributed by atoms with Crippen molar-refractivity contribution in [3.63, 3.8) is 0 Å². The lowest BCUT2D eigenvalue weighted by Gasteiger charge is -2.22. The molecule has 8 heteroatoms. The molecule has 0 aromatic heterocycles. The average Bonchev–Trinajstić information content (AvgIpc) is 2.72. The molecule has 0 aliphatic carbocycles. The van der Waals surface area contributed by atoms with Gasteiger partial charge < -0.3 is 0 Å². The Morgan fingerprint density at radius 3 is 2.43 bits per heavy atom. The zero-order valence-corrected chi connectivity index (χ0v) is 15.1. The van der Waals surface area contributed by atoms with Gasteiger partial charge in [-0.25, -0.2) is 8.70 Å². The zero-order chi connectivity index (χ0) is 16.6. The summed E-state index contributed by atoms with van der Waals surface area (Å²) in [7, 11) is -3.88. The van der Waals surface area contributed by atoms with Gasteiger partial charge in [0.25, 0.3) is 0 Å². The van der Waals surface area contributed by atoms with Gasteiger partial charge in [-0.3, -0.25) is 4.31 Å². The number of hydrogen-bond acceptors (Lipinski definition) is 2. The second-order valence-corrected chi connectivity index (χ2v) is 7.90. The third-order valence-corrected chi connectivity index (χ3v) is 6.09. The summed E-state index contributed by atoms with van der Waals surface area (Å²) in [5.41, 5.74) is 0.939. The minimum atomic E-state index is -3.88. The maximum absolute atomic E-state index is 14.3. The van der Waals surface area contributed by atoms with Crippen LogP contribution in [0.15, 0.2) is 42.5 Å². The van der Waals surface area contributed by atoms with Crippen LogP contribution in [-0.2, 0) is 10.2 Å². The number of alkyl halides is 1. The molecule has 4 nitrogen and oxygen atoms in total. The summed E-state index contributed by atoms with van der Waals surface area (Å²) in [4.78, 5) is 0. The summed E-state index contributed by atoms with van der Waals surface area (Å²) in [6, 6.07) is 10.8. The van der Waals surface area contributed by atoms with E-state index in [4.69, 9.17) is 11.6 Å². The molecule has 1 heterocycles. The molecule has 0 saturated carbocycles. The van der Waals surface area contributed by atoms with Crippen LogP contribution >= 0.6 is 27.5 Å². The van der Waals surface area contributed by atoms with E-state index in [2.05, 4.69) is 15.9 Å². The molecule has 2 aromatic rings. The molecule has 0 N–H and O–H groups in total. The van der Waals surface area contributed by atoms with Crippen molar-refractivity contribution >= 4 is 54.8 Å². The largest absolute Gasteiger partial charge is 0.331 e. The third kappa shape index (κ3) is 2.81. The lowest BCUT2D eigenvalue weighted by Crippen LogP contribution is -2.36. The minimum Gasteiger partial charge on any atom is -0.251 e. The fraction of sp³-hybridized carbons (Fsp3) is 0.200. The van der Waals surface area contributed by atoms with E-state index in [-0.39, 0.29) is 10.7 Å². The van der Waals surface area contributed by atoms with E-state index in [1.807, 2.05) is 0 Å². The van der Waals surface area contributed by atoms with Crippen LogP contribution in [0.1, 0.15) is 6.42 Å². The smallest absolute Gasteiger partial charge is 0.251 e. The van der Waals surface area contributed by atoms with Crippen LogP contribution < -0.4 is 8.61 Å². The number of benzene rings is 2. The van der Waals surface area contributed by atoms with E-state index in [0.29, 0.717) is 29.7 Å². The summed E-state index contributed by atoms with van der Waals surface area (Å²) in [6.07, 6.45) is 0.643. The Bertz CT molecular complexity index is 847. The summed E-state index contributed by atoms with van der Waals surface area (Å²) >= 11 is 9.07. The SMILES string of the molecule is O=S1(=O)N(CCCBr)c2ccccc2N1c1ccc(Cl)cc1F. The first-order valence-corrected chi connectivity index (χ1v) is 9.79. The third-order valence-electron chi connectivity index (χ3n) is 3.50. The lowest BCUT2D eigenvalue weighted by atomic mass is 10.2. The monoisotopic (exact) mass is 418 g/mol. The zero-order valence-electron chi connectivity index (χ0n) is 11.9. The van der Waals surface area contributed by atoms with Gasteiger partial charge in [0.05, 0.1) is 17.1 Å². The molecule has 0 fully saturated rings. The van der Waals surface area contributed by atoms with Crippen molar-refractivity contribution in [3.05, 3.63) is 53.3 Å². The maximum Gasteiger partial charge on any atom is 0.331 e. The van der Waals surface area contributed by atoms with Gasteiger partial charge in [0.15, 0.2) is 0 Å². The van der Waals surface area contributed by atoms with Gasteiger partial charge in [0, 0.05) is 16.9 Å². The highest BCUT2D eigenvalue weighted by molar-refractivity contribution is 9.09. The molecule has 0 saturated heterocycles. The van der Waals surface area contributed by atoms with Crippen molar-refractivity contribution in [1.82, 2.24) is 0 Å². The van der Waals surface area contributed by atoms with Crippen LogP contribution in [0.3, 0.4) is 0 Å². The van der Waals surface area contributed by atoms with Crippen molar-refractivity contribution in [1.29, 1.82) is 0 Å². The Balaban J connectivity index is 2.17. The molecule has 1 aliphatic rings. The van der Waals surface area contributed by atoms with Crippen LogP contribution in [-0.4, -0.2) is 20.3 Å². The Morgan fingerprint density at radius 1 is 1.09 bits per heavy atom. The molecule has 2 aromatic carbocycles. The molecule has 0 unspecified atom stereocenters. The summed E-state index contributed by atoms with van der Waals surface area (Å²) in [5, 5.41) is 0.892. The van der Waals surface area contributed by atoms with Gasteiger partial charge in [-0.2, -0.15) is 8.42 Å². The van der Waals surface area contributed by atoms with Crippen molar-refractivity contribution < 1.29 is 12.8 Å². The number of halogens is 3. The molecular formula is C15H13BrClFN2O2S. The van der Waals surface area contributed by atoms with Crippen molar-refractivity contribution in [2.45, 2.75) is 6.42 Å². The predicted molar refractivity (Wildman–Crippen MR) is 94.7 cm³/mol. The number of fused-ring (bicyclic) bond motifs is 1. The van der Waals surface area contributed by atoms with Crippen LogP contribution in [0.5, 0.6) is 0 Å². The Morgan fingerprint density at radius 2 is 1.78 bits per heavy atom. The molecule has 0 spiro atoms. The highest BCUT2D eigenvalue weighted by Crippen LogP contribution is 2.46. The number of para-hydroxylation sites is 2. The van der Waals surface area contributed by atoms with E-state index in [0.717, 1.165) is 10.4 Å². The second-order valence-electron chi connectivity index (χ2n) is 4.97. The highest BCUT2D eigenvalue weighted by atomic mass is 79.9. The van der Waals surface area contributed by atoms with Crippen molar-refractivity contribution in [3.8, 4) is 0 Å². The molecule has 1 aliphatic heterocycles. The minimum absolute atomic E-state index is 0.0387. The van der Waals surface area contributed by atoms with Crippen LogP contribution in [0.4, 0.5) is 21.5 Å². The van der Waals surface area contributed by atoms with E-state index in [1.165, 1.54) is 16.4 Å². The Labute approximate surface area is 147 Å². The quantitative estimate of drug-likeness (QED) is 0.686. The van der Waals surface area contributed by atoms with Crippen LogP contribution in [0, 0.1) is 5.82 Å². The molecule has 3 rings (SSSR count). The molecule has 0 bridgehead atoms. The molecule has 0 radical (unpaired) electrons. The first-order valence-electron chi connectivity index (χ1n) is 6.90. The van der Waals surface area contributed by atoms with E-state index >= 15 is 0 Å². The van der Waals surface area contributed by atoms with Crippen molar-refractivity contribution in [2.24, 2.45) is 0 Å². The fourth-order valence-corrected chi connectivity index (χ4v) is 4.70. The fourth-order valence-electron chi connectivity index (χ4n) is 2.53. The molecule has 23 heavy (non-hydrogen) atoms. The number of rotatable bonds is 4. The second kappa shape index (κ2) is 6.30. The number of nitrogens with zero attached hydrogens (tertiary/aromatic N) is 2. The number of hydrogen-bond donors (Lipinski definition) is 0. The van der Waals surface area contributed by atoms with Crippen LogP contribution in [0.25, 0.3) is 0 Å². The standard InChI is InChI=1S/C15H13BrClFN2O2S/c16-8-3-9-19-14-4-1-2-5-15(14)20(23(19,21)22)13-7-6-11(17)10-12(13)18/h1-2,4-7,10H,3,8-9H2. The Kier molecular flexibility index (Phi) is 4.53. The summed E-state index contributed by atoms with van der Waals surface area (Å²) in [6.45, 7) is 0.316. The highest BCUT2D eigenvalue weighted by Gasteiger charge is 2.41. The maximum atomic E-state index is 14.3. The van der Waals surface area contributed by atoms with E-state index in [1.54, 1.807) is 24.3 Å². The van der Waals surface area contributed by atoms with Gasteiger partial charge in [0.1, 0.15) is 5.82 Å². The summed E-state index contributed by atoms with van der Waals surface area (Å²) < 4.78 is 42.5. The average molecular weight is 420 g/mol. The van der Waals surface area contributed by atoms with Crippen LogP contribution in [0.2, 0.25) is 5.02 Å². The number of anilines is 3. The van der Waals surface area contributed by atoms with Gasteiger partial charge in [0.2, 0.25) is 0 Å². The molecular weight excluding hydrogens is 407 g/mol. The predicted octanol–water partition coefficient (Wildman–Crippen LogP) is 4.47. The molecule has 0 amide bonds. The summed E-state index contributed by atoms with van der Waals surface area (Å²) in [5.74, 6) is -0.682. The first kappa shape index (κ1) is 16.5. The Hall–Kier alpha value is -1.31.